The van der Waals surface area contributed by atoms with E-state index in [0.717, 1.165) is 23.7 Å². The molecule has 0 bridgehead atoms. The lowest BCUT2D eigenvalue weighted by Gasteiger charge is -2.34. The van der Waals surface area contributed by atoms with Gasteiger partial charge in [0.25, 0.3) is 5.91 Å². The minimum Gasteiger partial charge on any atom is -0.403 e. The third-order valence-corrected chi connectivity index (χ3v) is 7.62. The number of sulfonamides is 1. The molecule has 2 aromatic heterocycles. The number of benzene rings is 1. The van der Waals surface area contributed by atoms with E-state index >= 15 is 0 Å². The van der Waals surface area contributed by atoms with E-state index in [1.54, 1.807) is 0 Å². The summed E-state index contributed by atoms with van der Waals surface area (Å²) in [5.41, 5.74) is -0.124. The standard InChI is InChI=1S/C21H18ClF4N5O4S2/c1-37(33,34)31-7-5-30(6-8-31)18-14(22)9-12(10-27-18)19(32)29-20-28-15(11-36-20)13-3-2-4-16(17(13)23)35-21(24,25)26/h2-4,9-11H,5-8H2,1H3,(H,28,29,32). The first-order valence-corrected chi connectivity index (χ1v) is 13.6. The Morgan fingerprint density at radius 3 is 2.54 bits per heavy atom. The number of nitrogens with one attached hydrogen (secondary N) is 1. The highest BCUT2D eigenvalue weighted by molar-refractivity contribution is 7.88. The Kier molecular flexibility index (Phi) is 7.60. The zero-order chi connectivity index (χ0) is 27.0. The van der Waals surface area contributed by atoms with Crippen molar-refractivity contribution in [1.29, 1.82) is 0 Å². The van der Waals surface area contributed by atoms with Crippen LogP contribution in [-0.4, -0.2) is 67.4 Å². The molecule has 0 atom stereocenters. The highest BCUT2D eigenvalue weighted by Gasteiger charge is 2.33. The molecule has 37 heavy (non-hydrogen) atoms. The van der Waals surface area contributed by atoms with Gasteiger partial charge >= 0.3 is 6.36 Å². The van der Waals surface area contributed by atoms with Crippen molar-refractivity contribution < 1.29 is 35.5 Å². The van der Waals surface area contributed by atoms with Gasteiger partial charge in [-0.05, 0) is 18.2 Å². The number of thiazole rings is 1. The van der Waals surface area contributed by atoms with Gasteiger partial charge in [0.1, 0.15) is 5.82 Å². The van der Waals surface area contributed by atoms with E-state index in [-0.39, 0.29) is 40.1 Å². The number of anilines is 2. The molecule has 9 nitrogen and oxygen atoms in total. The molecule has 0 spiro atoms. The molecule has 1 fully saturated rings. The Labute approximate surface area is 217 Å². The topological polar surface area (TPSA) is 105 Å². The average Bonchev–Trinajstić information content (AvgIpc) is 3.27. The summed E-state index contributed by atoms with van der Waals surface area (Å²) in [6.45, 7) is 1.30. The van der Waals surface area contributed by atoms with Gasteiger partial charge < -0.3 is 9.64 Å². The van der Waals surface area contributed by atoms with Crippen LogP contribution in [0, 0.1) is 5.82 Å². The summed E-state index contributed by atoms with van der Waals surface area (Å²) < 4.78 is 80.4. The van der Waals surface area contributed by atoms with Crippen molar-refractivity contribution in [3.05, 3.63) is 52.2 Å². The lowest BCUT2D eigenvalue weighted by molar-refractivity contribution is -0.275. The maximum absolute atomic E-state index is 14.5. The summed E-state index contributed by atoms with van der Waals surface area (Å²) >= 11 is 7.27. The molecule has 16 heteroatoms. The second kappa shape index (κ2) is 10.4. The molecule has 4 rings (SSSR count). The number of carbonyl (C=O) groups excluding carboxylic acids is 1. The predicted molar refractivity (Wildman–Crippen MR) is 130 cm³/mol. The third kappa shape index (κ3) is 6.47. The number of carbonyl (C=O) groups is 1. The van der Waals surface area contributed by atoms with Crippen molar-refractivity contribution in [2.75, 3.05) is 42.7 Å². The van der Waals surface area contributed by atoms with Crippen LogP contribution in [0.3, 0.4) is 0 Å². The molecule has 1 N–H and O–H groups in total. The molecule has 1 aromatic carbocycles. The van der Waals surface area contributed by atoms with Gasteiger partial charge in [0.15, 0.2) is 16.7 Å². The van der Waals surface area contributed by atoms with Crippen molar-refractivity contribution in [1.82, 2.24) is 14.3 Å². The molecule has 0 radical (unpaired) electrons. The molecule has 0 unspecified atom stereocenters. The summed E-state index contributed by atoms with van der Waals surface area (Å²) in [5, 5.41) is 4.14. The average molecular weight is 580 g/mol. The second-order valence-corrected chi connectivity index (χ2v) is 11.1. The summed E-state index contributed by atoms with van der Waals surface area (Å²) in [7, 11) is -3.29. The number of aromatic nitrogens is 2. The zero-order valence-corrected chi connectivity index (χ0v) is 21.3. The van der Waals surface area contributed by atoms with E-state index in [9.17, 15) is 30.8 Å². The number of hydrogen-bond donors (Lipinski definition) is 1. The number of nitrogens with zero attached hydrogens (tertiary/aromatic N) is 4. The normalized spacial score (nSPS) is 15.0. The Morgan fingerprint density at radius 1 is 1.22 bits per heavy atom. The largest absolute Gasteiger partial charge is 0.573 e. The first-order valence-electron chi connectivity index (χ1n) is 10.5. The number of rotatable bonds is 6. The molecule has 198 valence electrons. The Bertz CT molecular complexity index is 1430. The van der Waals surface area contributed by atoms with Crippen molar-refractivity contribution in [2.45, 2.75) is 6.36 Å². The van der Waals surface area contributed by atoms with Gasteiger partial charge in [-0.25, -0.2) is 22.8 Å². The fraction of sp³-hybridized carbons (Fsp3) is 0.286. The van der Waals surface area contributed by atoms with Gasteiger partial charge in [-0.3, -0.25) is 10.1 Å². The summed E-state index contributed by atoms with van der Waals surface area (Å²) in [6, 6.07) is 4.66. The number of piperazine rings is 1. The minimum absolute atomic E-state index is 0.00478. The molecule has 1 amide bonds. The molecular formula is C21H18ClF4N5O4S2. The smallest absolute Gasteiger partial charge is 0.403 e. The van der Waals surface area contributed by atoms with Gasteiger partial charge in [-0.15, -0.1) is 24.5 Å². The van der Waals surface area contributed by atoms with E-state index in [0.29, 0.717) is 18.9 Å². The van der Waals surface area contributed by atoms with Crippen LogP contribution in [-0.2, 0) is 10.0 Å². The fourth-order valence-electron chi connectivity index (χ4n) is 3.56. The molecule has 0 saturated carbocycles. The van der Waals surface area contributed by atoms with E-state index in [2.05, 4.69) is 20.0 Å². The first-order chi connectivity index (χ1) is 17.3. The van der Waals surface area contributed by atoms with Crippen molar-refractivity contribution >= 4 is 49.8 Å². The summed E-state index contributed by atoms with van der Waals surface area (Å²) in [5.74, 6) is -2.45. The lowest BCUT2D eigenvalue weighted by atomic mass is 10.1. The van der Waals surface area contributed by atoms with E-state index in [1.807, 2.05) is 4.90 Å². The SMILES string of the molecule is CS(=O)(=O)N1CCN(c2ncc(C(=O)Nc3nc(-c4cccc(OC(F)(F)F)c4F)cs3)cc2Cl)CC1. The van der Waals surface area contributed by atoms with Crippen LogP contribution in [0.15, 0.2) is 35.8 Å². The molecule has 1 aliphatic heterocycles. The van der Waals surface area contributed by atoms with Gasteiger partial charge in [-0.1, -0.05) is 17.7 Å². The minimum atomic E-state index is -5.06. The number of alkyl halides is 3. The number of halogens is 5. The first kappa shape index (κ1) is 27.0. The molecular weight excluding hydrogens is 562 g/mol. The maximum Gasteiger partial charge on any atom is 0.573 e. The van der Waals surface area contributed by atoms with E-state index in [1.165, 1.54) is 34.1 Å². The fourth-order valence-corrected chi connectivity index (χ4v) is 5.37. The molecule has 3 heterocycles. The lowest BCUT2D eigenvalue weighted by Crippen LogP contribution is -2.48. The van der Waals surface area contributed by atoms with Crippen LogP contribution in [0.25, 0.3) is 11.3 Å². The van der Waals surface area contributed by atoms with Gasteiger partial charge in [0, 0.05) is 43.3 Å². The molecule has 3 aromatic rings. The van der Waals surface area contributed by atoms with Crippen LogP contribution in [0.2, 0.25) is 5.02 Å². The van der Waals surface area contributed by atoms with Crippen LogP contribution < -0.4 is 15.0 Å². The van der Waals surface area contributed by atoms with Gasteiger partial charge in [-0.2, -0.15) is 4.31 Å². The number of pyridine rings is 1. The van der Waals surface area contributed by atoms with Crippen LogP contribution in [0.1, 0.15) is 10.4 Å². The Morgan fingerprint density at radius 2 is 1.92 bits per heavy atom. The van der Waals surface area contributed by atoms with Crippen LogP contribution in [0.4, 0.5) is 28.5 Å². The van der Waals surface area contributed by atoms with Crippen LogP contribution >= 0.6 is 22.9 Å². The zero-order valence-electron chi connectivity index (χ0n) is 18.9. The molecule has 0 aliphatic carbocycles. The molecule has 1 saturated heterocycles. The number of ether oxygens (including phenoxy) is 1. The highest BCUT2D eigenvalue weighted by atomic mass is 35.5. The summed E-state index contributed by atoms with van der Waals surface area (Å²) in [4.78, 5) is 22.8. The Balaban J connectivity index is 1.44. The van der Waals surface area contributed by atoms with Gasteiger partial charge in [0.05, 0.1) is 22.5 Å². The monoisotopic (exact) mass is 579 g/mol. The second-order valence-electron chi connectivity index (χ2n) is 7.84. The quantitative estimate of drug-likeness (QED) is 0.436. The van der Waals surface area contributed by atoms with E-state index < -0.39 is 33.9 Å². The Hall–Kier alpha value is -3.01. The number of amides is 1. The maximum atomic E-state index is 14.5. The predicted octanol–water partition coefficient (Wildman–Crippen LogP) is 4.23. The highest BCUT2D eigenvalue weighted by Crippen LogP contribution is 2.34. The van der Waals surface area contributed by atoms with E-state index in [4.69, 9.17) is 11.6 Å². The number of hydrogen-bond acceptors (Lipinski definition) is 8. The van der Waals surface area contributed by atoms with Crippen molar-refractivity contribution in [3.63, 3.8) is 0 Å². The van der Waals surface area contributed by atoms with Crippen LogP contribution in [0.5, 0.6) is 5.75 Å². The van der Waals surface area contributed by atoms with Crippen molar-refractivity contribution in [2.24, 2.45) is 0 Å². The van der Waals surface area contributed by atoms with Gasteiger partial charge in [0.2, 0.25) is 10.0 Å². The van der Waals surface area contributed by atoms with Crippen molar-refractivity contribution in [3.8, 4) is 17.0 Å². The summed E-state index contributed by atoms with van der Waals surface area (Å²) in [6.07, 6.45) is -2.62. The third-order valence-electron chi connectivity index (χ3n) is 5.28. The molecule has 1 aliphatic rings.